The van der Waals surface area contributed by atoms with Gasteiger partial charge < -0.3 is 9.47 Å². The number of halogens is 1. The van der Waals surface area contributed by atoms with Gasteiger partial charge in [0.25, 0.3) is 0 Å². The Morgan fingerprint density at radius 2 is 1.82 bits per heavy atom. The van der Waals surface area contributed by atoms with Crippen molar-refractivity contribution in [2.45, 2.75) is 56.6 Å². The summed E-state index contributed by atoms with van der Waals surface area (Å²) in [6, 6.07) is 12.4. The van der Waals surface area contributed by atoms with Crippen molar-refractivity contribution in [2.24, 2.45) is 0 Å². The molecule has 1 saturated carbocycles. The molecular formula is C26H30ClN5O2. The highest BCUT2D eigenvalue weighted by Crippen LogP contribution is 2.37. The minimum atomic E-state index is 0.203. The van der Waals surface area contributed by atoms with Gasteiger partial charge >= 0.3 is 0 Å². The van der Waals surface area contributed by atoms with E-state index in [1.165, 1.54) is 11.3 Å². The molecule has 6 rings (SSSR count). The van der Waals surface area contributed by atoms with Crippen molar-refractivity contribution in [1.82, 2.24) is 24.6 Å². The molecule has 7 nitrogen and oxygen atoms in total. The van der Waals surface area contributed by atoms with E-state index in [1.54, 1.807) is 6.20 Å². The molecule has 2 fully saturated rings. The molecule has 34 heavy (non-hydrogen) atoms. The van der Waals surface area contributed by atoms with Gasteiger partial charge in [-0.15, -0.1) is 10.2 Å². The second-order valence-electron chi connectivity index (χ2n) is 9.55. The first-order valence-corrected chi connectivity index (χ1v) is 12.7. The van der Waals surface area contributed by atoms with Gasteiger partial charge in [-0.05, 0) is 61.9 Å². The average Bonchev–Trinajstić information content (AvgIpc) is 3.21. The molecule has 3 aromatic rings. The number of morpholine rings is 1. The highest BCUT2D eigenvalue weighted by molar-refractivity contribution is 6.30. The third-order valence-electron chi connectivity index (χ3n) is 7.44. The van der Waals surface area contributed by atoms with Crippen molar-refractivity contribution in [1.29, 1.82) is 0 Å². The molecule has 1 atom stereocenters. The van der Waals surface area contributed by atoms with Gasteiger partial charge in [0.05, 0.1) is 18.9 Å². The first-order chi connectivity index (χ1) is 16.7. The molecule has 1 aliphatic carbocycles. The normalized spacial score (nSPS) is 25.3. The Morgan fingerprint density at radius 1 is 0.971 bits per heavy atom. The van der Waals surface area contributed by atoms with Crippen LogP contribution in [0.2, 0.25) is 5.02 Å². The summed E-state index contributed by atoms with van der Waals surface area (Å²) >= 11 is 6.44. The summed E-state index contributed by atoms with van der Waals surface area (Å²) in [5.41, 5.74) is 2.46. The number of hydrogen-bond acceptors (Lipinski definition) is 6. The number of rotatable bonds is 4. The predicted molar refractivity (Wildman–Crippen MR) is 130 cm³/mol. The van der Waals surface area contributed by atoms with Crippen LogP contribution in [0.4, 0.5) is 0 Å². The van der Waals surface area contributed by atoms with Crippen LogP contribution in [0.15, 0.2) is 42.6 Å². The lowest BCUT2D eigenvalue weighted by molar-refractivity contribution is 0.0165. The van der Waals surface area contributed by atoms with E-state index in [0.29, 0.717) is 17.8 Å². The quantitative estimate of drug-likeness (QED) is 0.558. The number of aromatic nitrogens is 4. The molecule has 0 radical (unpaired) electrons. The Kier molecular flexibility index (Phi) is 6.24. The summed E-state index contributed by atoms with van der Waals surface area (Å²) in [6.07, 6.45) is 7.88. The van der Waals surface area contributed by atoms with Crippen LogP contribution in [-0.2, 0) is 17.6 Å². The number of benzene rings is 1. The van der Waals surface area contributed by atoms with E-state index in [4.69, 9.17) is 31.3 Å². The fourth-order valence-electron chi connectivity index (χ4n) is 5.69. The summed E-state index contributed by atoms with van der Waals surface area (Å²) in [6.45, 7) is 3.50. The third-order valence-corrected chi connectivity index (χ3v) is 7.67. The van der Waals surface area contributed by atoms with Gasteiger partial charge in [-0.25, -0.2) is 4.98 Å². The van der Waals surface area contributed by atoms with Gasteiger partial charge in [-0.3, -0.25) is 9.47 Å². The van der Waals surface area contributed by atoms with Crippen LogP contribution >= 0.6 is 11.6 Å². The molecule has 3 aliphatic rings. The summed E-state index contributed by atoms with van der Waals surface area (Å²) in [5.74, 6) is 3.22. The number of nitrogens with zero attached hydrogens (tertiary/aromatic N) is 5. The number of ether oxygens (including phenoxy) is 2. The van der Waals surface area contributed by atoms with Gasteiger partial charge in [0.1, 0.15) is 17.8 Å². The predicted octanol–water partition coefficient (Wildman–Crippen LogP) is 4.22. The van der Waals surface area contributed by atoms with Gasteiger partial charge in [0.15, 0.2) is 0 Å². The fourth-order valence-corrected chi connectivity index (χ4v) is 5.88. The zero-order valence-electron chi connectivity index (χ0n) is 19.3. The molecule has 2 aliphatic heterocycles. The molecule has 8 heteroatoms. The van der Waals surface area contributed by atoms with Crippen LogP contribution < -0.4 is 4.74 Å². The lowest BCUT2D eigenvalue weighted by Gasteiger charge is -2.33. The zero-order chi connectivity index (χ0) is 22.9. The largest absolute Gasteiger partial charge is 0.474 e. The van der Waals surface area contributed by atoms with Crippen LogP contribution in [0.25, 0.3) is 5.69 Å². The highest BCUT2D eigenvalue weighted by atomic mass is 35.5. The molecule has 1 saturated heterocycles. The summed E-state index contributed by atoms with van der Waals surface area (Å²) in [5, 5.41) is 10.3. The second kappa shape index (κ2) is 9.64. The fraction of sp³-hybridized carbons (Fsp3) is 0.500. The molecule has 0 bridgehead atoms. The minimum absolute atomic E-state index is 0.203. The summed E-state index contributed by atoms with van der Waals surface area (Å²) < 4.78 is 14.0. The van der Waals surface area contributed by atoms with Crippen LogP contribution in [0.3, 0.4) is 0 Å². The van der Waals surface area contributed by atoms with Crippen molar-refractivity contribution < 1.29 is 9.47 Å². The SMILES string of the molecule is Clc1ccc2c(c1)C[C@H](N1CCOCC1)Cc1nnc(C3CCC(Oc4ccccn4)CC3)n1-2. The smallest absolute Gasteiger partial charge is 0.213 e. The molecule has 178 valence electrons. The first kappa shape index (κ1) is 22.0. The highest BCUT2D eigenvalue weighted by Gasteiger charge is 2.33. The molecule has 1 aromatic carbocycles. The van der Waals surface area contributed by atoms with Crippen molar-refractivity contribution in [3.05, 3.63) is 64.8 Å². The van der Waals surface area contributed by atoms with E-state index in [1.807, 2.05) is 24.3 Å². The van der Waals surface area contributed by atoms with E-state index >= 15 is 0 Å². The van der Waals surface area contributed by atoms with Gasteiger partial charge in [0, 0.05) is 48.8 Å². The van der Waals surface area contributed by atoms with E-state index in [-0.39, 0.29) is 6.10 Å². The van der Waals surface area contributed by atoms with Crippen molar-refractivity contribution in [3.8, 4) is 11.6 Å². The van der Waals surface area contributed by atoms with E-state index in [9.17, 15) is 0 Å². The van der Waals surface area contributed by atoms with Gasteiger partial charge in [0.2, 0.25) is 5.88 Å². The average molecular weight is 480 g/mol. The maximum Gasteiger partial charge on any atom is 0.213 e. The Morgan fingerprint density at radius 3 is 2.62 bits per heavy atom. The molecule has 0 N–H and O–H groups in total. The van der Waals surface area contributed by atoms with E-state index in [0.717, 1.165) is 81.5 Å². The molecule has 2 aromatic heterocycles. The monoisotopic (exact) mass is 479 g/mol. The van der Waals surface area contributed by atoms with Crippen LogP contribution in [0, 0.1) is 0 Å². The van der Waals surface area contributed by atoms with Crippen LogP contribution in [0.1, 0.15) is 48.8 Å². The Balaban J connectivity index is 1.26. The number of fused-ring (bicyclic) bond motifs is 3. The zero-order valence-corrected chi connectivity index (χ0v) is 20.0. The lowest BCUT2D eigenvalue weighted by Crippen LogP contribution is -2.45. The van der Waals surface area contributed by atoms with Crippen molar-refractivity contribution in [2.75, 3.05) is 26.3 Å². The second-order valence-corrected chi connectivity index (χ2v) is 9.99. The lowest BCUT2D eigenvalue weighted by atomic mass is 9.86. The Bertz CT molecular complexity index is 1120. The van der Waals surface area contributed by atoms with E-state index < -0.39 is 0 Å². The van der Waals surface area contributed by atoms with Crippen molar-refractivity contribution in [3.63, 3.8) is 0 Å². The first-order valence-electron chi connectivity index (χ1n) is 12.4. The molecule has 0 unspecified atom stereocenters. The minimum Gasteiger partial charge on any atom is -0.474 e. The molecule has 0 amide bonds. The van der Waals surface area contributed by atoms with Gasteiger partial charge in [-0.1, -0.05) is 17.7 Å². The topological polar surface area (TPSA) is 65.3 Å². The molecule has 0 spiro atoms. The van der Waals surface area contributed by atoms with Crippen molar-refractivity contribution >= 4 is 11.6 Å². The standard InChI is InChI=1S/C26H30ClN5O2/c27-20-6-9-23-19(15-20)16-21(31-11-13-33-14-12-31)17-24-29-30-26(32(23)24)18-4-7-22(8-5-18)34-25-3-1-2-10-28-25/h1-3,6,9-10,15,18,21-22H,4-5,7-8,11-14,16-17H2/t18?,21-,22?/m0/s1. The van der Waals surface area contributed by atoms with Crippen LogP contribution in [-0.4, -0.2) is 63.1 Å². The molecular weight excluding hydrogens is 450 g/mol. The van der Waals surface area contributed by atoms with Gasteiger partial charge in [-0.2, -0.15) is 0 Å². The third kappa shape index (κ3) is 4.44. The summed E-state index contributed by atoms with van der Waals surface area (Å²) in [4.78, 5) is 6.86. The van der Waals surface area contributed by atoms with Crippen LogP contribution in [0.5, 0.6) is 5.88 Å². The Labute approximate surface area is 205 Å². The number of pyridine rings is 1. The van der Waals surface area contributed by atoms with E-state index in [2.05, 4.69) is 26.6 Å². The Hall–Kier alpha value is -2.48. The molecule has 4 heterocycles. The summed E-state index contributed by atoms with van der Waals surface area (Å²) in [7, 11) is 0. The maximum atomic E-state index is 6.44. The number of hydrogen-bond donors (Lipinski definition) is 0. The maximum absolute atomic E-state index is 6.44.